The Morgan fingerprint density at radius 3 is 2.68 bits per heavy atom. The first-order chi connectivity index (χ1) is 8.93. The van der Waals surface area contributed by atoms with Crippen molar-refractivity contribution in [2.75, 3.05) is 7.11 Å². The van der Waals surface area contributed by atoms with Crippen molar-refractivity contribution < 1.29 is 17.9 Å². The SMILES string of the molecule is COc1cccc(-c2c(C(F)(F)F)cn[nH]c2=O)c1. The lowest BCUT2D eigenvalue weighted by Gasteiger charge is -2.11. The van der Waals surface area contributed by atoms with Gasteiger partial charge >= 0.3 is 6.18 Å². The monoisotopic (exact) mass is 270 g/mol. The molecular formula is C12H9F3N2O2. The van der Waals surface area contributed by atoms with Crippen LogP contribution in [0.15, 0.2) is 35.3 Å². The maximum Gasteiger partial charge on any atom is 0.418 e. The molecule has 0 unspecified atom stereocenters. The Bertz CT molecular complexity index is 650. The molecule has 0 aliphatic heterocycles. The van der Waals surface area contributed by atoms with Crippen molar-refractivity contribution in [2.45, 2.75) is 6.18 Å². The highest BCUT2D eigenvalue weighted by Gasteiger charge is 2.35. The van der Waals surface area contributed by atoms with Gasteiger partial charge in [-0.2, -0.15) is 18.3 Å². The molecule has 1 aromatic carbocycles. The highest BCUT2D eigenvalue weighted by molar-refractivity contribution is 5.67. The van der Waals surface area contributed by atoms with Crippen molar-refractivity contribution in [1.29, 1.82) is 0 Å². The molecular weight excluding hydrogens is 261 g/mol. The van der Waals surface area contributed by atoms with Crippen molar-refractivity contribution in [2.24, 2.45) is 0 Å². The minimum atomic E-state index is -4.65. The number of rotatable bonds is 2. The van der Waals surface area contributed by atoms with Gasteiger partial charge in [-0.05, 0) is 17.7 Å². The van der Waals surface area contributed by atoms with E-state index in [0.717, 1.165) is 0 Å². The van der Waals surface area contributed by atoms with Crippen LogP contribution in [0.4, 0.5) is 13.2 Å². The van der Waals surface area contributed by atoms with Gasteiger partial charge in [-0.25, -0.2) is 5.10 Å². The molecule has 100 valence electrons. The number of alkyl halides is 3. The minimum Gasteiger partial charge on any atom is -0.497 e. The number of halogens is 3. The van der Waals surface area contributed by atoms with E-state index in [1.54, 1.807) is 6.07 Å². The number of benzene rings is 1. The summed E-state index contributed by atoms with van der Waals surface area (Å²) in [5, 5.41) is 5.19. The van der Waals surface area contributed by atoms with Crippen molar-refractivity contribution in [1.82, 2.24) is 10.2 Å². The van der Waals surface area contributed by atoms with E-state index in [4.69, 9.17) is 4.74 Å². The number of nitrogens with zero attached hydrogens (tertiary/aromatic N) is 1. The summed E-state index contributed by atoms with van der Waals surface area (Å²) in [5.41, 5.74) is -2.33. The minimum absolute atomic E-state index is 0.121. The predicted molar refractivity (Wildman–Crippen MR) is 61.8 cm³/mol. The zero-order chi connectivity index (χ0) is 14.0. The summed E-state index contributed by atoms with van der Waals surface area (Å²) in [5.74, 6) is 0.363. The van der Waals surface area contributed by atoms with Gasteiger partial charge in [0.2, 0.25) is 0 Å². The van der Waals surface area contributed by atoms with E-state index in [0.29, 0.717) is 11.9 Å². The number of aromatic amines is 1. The van der Waals surface area contributed by atoms with Gasteiger partial charge in [-0.15, -0.1) is 0 Å². The van der Waals surface area contributed by atoms with E-state index in [-0.39, 0.29) is 5.56 Å². The summed E-state index contributed by atoms with van der Waals surface area (Å²) in [6.07, 6.45) is -4.06. The first-order valence-corrected chi connectivity index (χ1v) is 5.23. The molecule has 4 nitrogen and oxygen atoms in total. The number of nitrogens with one attached hydrogen (secondary N) is 1. The van der Waals surface area contributed by atoms with E-state index < -0.39 is 22.9 Å². The Kier molecular flexibility index (Phi) is 3.28. The number of hydrogen-bond donors (Lipinski definition) is 1. The molecule has 0 bridgehead atoms. The van der Waals surface area contributed by atoms with Crippen LogP contribution in [0.5, 0.6) is 5.75 Å². The highest BCUT2D eigenvalue weighted by Crippen LogP contribution is 2.35. The van der Waals surface area contributed by atoms with Gasteiger partial charge < -0.3 is 4.74 Å². The summed E-state index contributed by atoms with van der Waals surface area (Å²) in [7, 11) is 1.39. The summed E-state index contributed by atoms with van der Waals surface area (Å²) in [6.45, 7) is 0. The molecule has 1 aromatic heterocycles. The lowest BCUT2D eigenvalue weighted by Crippen LogP contribution is -2.19. The van der Waals surface area contributed by atoms with E-state index in [1.807, 2.05) is 5.10 Å². The standard InChI is InChI=1S/C12H9F3N2O2/c1-19-8-4-2-3-7(5-8)10-9(12(13,14)15)6-16-17-11(10)18/h2-6H,1H3,(H,17,18). The molecule has 0 saturated carbocycles. The molecule has 1 N–H and O–H groups in total. The molecule has 7 heteroatoms. The van der Waals surface area contributed by atoms with E-state index in [9.17, 15) is 18.0 Å². The third kappa shape index (κ3) is 2.59. The molecule has 2 aromatic rings. The van der Waals surface area contributed by atoms with Crippen LogP contribution in [0.1, 0.15) is 5.56 Å². The quantitative estimate of drug-likeness (QED) is 0.912. The summed E-state index contributed by atoms with van der Waals surface area (Å²) >= 11 is 0. The Morgan fingerprint density at radius 2 is 2.05 bits per heavy atom. The third-order valence-corrected chi connectivity index (χ3v) is 2.52. The van der Waals surface area contributed by atoms with Gasteiger partial charge in [0.25, 0.3) is 5.56 Å². The summed E-state index contributed by atoms with van der Waals surface area (Å²) < 4.78 is 43.5. The fourth-order valence-electron chi connectivity index (χ4n) is 1.68. The molecule has 0 spiro atoms. The Balaban J connectivity index is 2.71. The van der Waals surface area contributed by atoms with Crippen LogP contribution in [-0.2, 0) is 6.18 Å². The fourth-order valence-corrected chi connectivity index (χ4v) is 1.68. The topological polar surface area (TPSA) is 55.0 Å². The lowest BCUT2D eigenvalue weighted by molar-refractivity contribution is -0.137. The van der Waals surface area contributed by atoms with E-state index in [2.05, 4.69) is 5.10 Å². The first kappa shape index (κ1) is 13.1. The molecule has 0 saturated heterocycles. The van der Waals surface area contributed by atoms with Crippen LogP contribution >= 0.6 is 0 Å². The fraction of sp³-hybridized carbons (Fsp3) is 0.167. The molecule has 0 aliphatic rings. The zero-order valence-corrected chi connectivity index (χ0v) is 9.78. The van der Waals surface area contributed by atoms with Crippen molar-refractivity contribution in [3.8, 4) is 16.9 Å². The second-order valence-corrected chi connectivity index (χ2v) is 3.72. The third-order valence-electron chi connectivity index (χ3n) is 2.52. The van der Waals surface area contributed by atoms with Gasteiger partial charge in [0.1, 0.15) is 5.75 Å². The molecule has 1 heterocycles. The largest absolute Gasteiger partial charge is 0.497 e. The van der Waals surface area contributed by atoms with Gasteiger partial charge in [0, 0.05) is 0 Å². The number of ether oxygens (including phenoxy) is 1. The number of H-pyrrole nitrogens is 1. The Labute approximate surface area is 105 Å². The first-order valence-electron chi connectivity index (χ1n) is 5.23. The second kappa shape index (κ2) is 4.75. The maximum absolute atomic E-state index is 12.9. The number of hydrogen-bond acceptors (Lipinski definition) is 3. The van der Waals surface area contributed by atoms with Crippen molar-refractivity contribution in [3.05, 3.63) is 46.4 Å². The van der Waals surface area contributed by atoms with E-state index in [1.165, 1.54) is 25.3 Å². The van der Waals surface area contributed by atoms with Gasteiger partial charge in [-0.3, -0.25) is 4.79 Å². The van der Waals surface area contributed by atoms with Gasteiger partial charge in [0.05, 0.1) is 24.4 Å². The smallest absolute Gasteiger partial charge is 0.418 e. The van der Waals surface area contributed by atoms with Gasteiger partial charge in [0.15, 0.2) is 0 Å². The van der Waals surface area contributed by atoms with Crippen LogP contribution in [0.25, 0.3) is 11.1 Å². The maximum atomic E-state index is 12.9. The van der Waals surface area contributed by atoms with Crippen LogP contribution in [0.3, 0.4) is 0 Å². The number of aromatic nitrogens is 2. The molecule has 0 atom stereocenters. The van der Waals surface area contributed by atoms with Crippen molar-refractivity contribution >= 4 is 0 Å². The molecule has 2 rings (SSSR count). The summed E-state index contributed by atoms with van der Waals surface area (Å²) in [6, 6.07) is 5.85. The van der Waals surface area contributed by atoms with E-state index >= 15 is 0 Å². The Morgan fingerprint density at radius 1 is 1.32 bits per heavy atom. The average Bonchev–Trinajstić information content (AvgIpc) is 2.37. The normalized spacial score (nSPS) is 11.4. The number of methoxy groups -OCH3 is 1. The van der Waals surface area contributed by atoms with Crippen LogP contribution in [-0.4, -0.2) is 17.3 Å². The molecule has 0 aliphatic carbocycles. The zero-order valence-electron chi connectivity index (χ0n) is 9.78. The lowest BCUT2D eigenvalue weighted by atomic mass is 10.0. The molecule has 0 amide bonds. The molecule has 0 fully saturated rings. The molecule has 19 heavy (non-hydrogen) atoms. The van der Waals surface area contributed by atoms with Crippen molar-refractivity contribution in [3.63, 3.8) is 0 Å². The Hall–Kier alpha value is -2.31. The summed E-state index contributed by atoms with van der Waals surface area (Å²) in [4.78, 5) is 11.6. The van der Waals surface area contributed by atoms with Crippen LogP contribution in [0.2, 0.25) is 0 Å². The molecule has 0 radical (unpaired) electrons. The van der Waals surface area contributed by atoms with Crippen LogP contribution in [0, 0.1) is 0 Å². The predicted octanol–water partition coefficient (Wildman–Crippen LogP) is 2.46. The highest BCUT2D eigenvalue weighted by atomic mass is 19.4. The van der Waals surface area contributed by atoms with Crippen LogP contribution < -0.4 is 10.3 Å². The second-order valence-electron chi connectivity index (χ2n) is 3.72. The average molecular weight is 270 g/mol. The van der Waals surface area contributed by atoms with Gasteiger partial charge in [-0.1, -0.05) is 12.1 Å².